The van der Waals surface area contributed by atoms with Crippen LogP contribution in [0, 0.1) is 5.39 Å². The number of halogens is 1. The number of fused-ring (bicyclic) bond motifs is 1. The number of methoxy groups -OCH3 is 1. The molecule has 0 aliphatic rings. The first-order valence-corrected chi connectivity index (χ1v) is 4.90. The number of diazo groups is 1. The predicted octanol–water partition coefficient (Wildman–Crippen LogP) is 2.89. The van der Waals surface area contributed by atoms with E-state index in [4.69, 9.17) is 10.1 Å². The minimum Gasteiger partial charge on any atom is -0.481 e. The van der Waals surface area contributed by atoms with Crippen molar-refractivity contribution in [3.8, 4) is 5.88 Å². The molecule has 0 amide bonds. The third kappa shape index (κ3) is 1.62. The van der Waals surface area contributed by atoms with Gasteiger partial charge in [0.1, 0.15) is 16.2 Å². The molecule has 0 radical (unpaired) electrons. The fraction of sp³-hybridized carbons (Fsp3) is 0.111. The summed E-state index contributed by atoms with van der Waals surface area (Å²) in [6.45, 7) is 0. The number of hydrogen-bond acceptors (Lipinski definition) is 4. The SMILES string of the molecule is COc1ccc2ncc([N+]#N)c(Br)c2n1. The Morgan fingerprint density at radius 1 is 1.47 bits per heavy atom. The van der Waals surface area contributed by atoms with Crippen LogP contribution < -0.4 is 4.74 Å². The normalized spacial score (nSPS) is 9.93. The topological polar surface area (TPSA) is 63.2 Å². The van der Waals surface area contributed by atoms with Crippen molar-refractivity contribution in [2.24, 2.45) is 0 Å². The van der Waals surface area contributed by atoms with Crippen LogP contribution in [0.2, 0.25) is 0 Å². The average molecular weight is 266 g/mol. The van der Waals surface area contributed by atoms with E-state index in [0.29, 0.717) is 27.1 Å². The number of hydrogen-bond donors (Lipinski definition) is 0. The Hall–Kier alpha value is -1.74. The molecule has 0 N–H and O–H groups in total. The van der Waals surface area contributed by atoms with Crippen LogP contribution in [0.3, 0.4) is 0 Å². The Kier molecular flexibility index (Phi) is 2.47. The fourth-order valence-corrected chi connectivity index (χ4v) is 1.67. The van der Waals surface area contributed by atoms with Gasteiger partial charge in [-0.05, 0) is 22.0 Å². The lowest BCUT2D eigenvalue weighted by molar-refractivity contribution is 0.399. The Labute approximate surface area is 93.9 Å². The lowest BCUT2D eigenvalue weighted by Crippen LogP contribution is -1.89. The van der Waals surface area contributed by atoms with E-state index in [-0.39, 0.29) is 0 Å². The molecule has 0 unspecified atom stereocenters. The molecule has 0 aliphatic carbocycles. The molecule has 2 aromatic rings. The molecule has 0 saturated heterocycles. The molecule has 6 heteroatoms. The molecular formula is C9H6BrN4O+. The van der Waals surface area contributed by atoms with E-state index in [1.54, 1.807) is 12.1 Å². The average Bonchev–Trinajstić information content (AvgIpc) is 2.29. The second-order valence-corrected chi connectivity index (χ2v) is 3.57. The summed E-state index contributed by atoms with van der Waals surface area (Å²) in [6, 6.07) is 3.50. The zero-order valence-corrected chi connectivity index (χ0v) is 9.39. The zero-order chi connectivity index (χ0) is 10.8. The van der Waals surface area contributed by atoms with Crippen molar-refractivity contribution in [3.63, 3.8) is 0 Å². The van der Waals surface area contributed by atoms with E-state index in [2.05, 4.69) is 30.9 Å². The first-order chi connectivity index (χ1) is 7.26. The van der Waals surface area contributed by atoms with Gasteiger partial charge in [-0.15, -0.1) is 0 Å². The summed E-state index contributed by atoms with van der Waals surface area (Å²) in [4.78, 5) is 11.4. The first kappa shape index (κ1) is 9.80. The van der Waals surface area contributed by atoms with Crippen LogP contribution >= 0.6 is 15.9 Å². The Morgan fingerprint density at radius 3 is 2.93 bits per heavy atom. The van der Waals surface area contributed by atoms with Crippen LogP contribution in [0.5, 0.6) is 5.88 Å². The van der Waals surface area contributed by atoms with Gasteiger partial charge in [-0.1, -0.05) is 0 Å². The van der Waals surface area contributed by atoms with Crippen molar-refractivity contribution in [2.75, 3.05) is 7.11 Å². The minimum atomic E-state index is 0.336. The standard InChI is InChI=1S/C9H6BrN4O/c1-15-7-3-2-5-9(13-7)8(10)6(14-11)4-12-5/h2-4H,1H3/q+1. The summed E-state index contributed by atoms with van der Waals surface area (Å²) >= 11 is 3.29. The molecule has 74 valence electrons. The Bertz CT molecular complexity index is 564. The second-order valence-electron chi connectivity index (χ2n) is 2.78. The van der Waals surface area contributed by atoms with Crippen molar-refractivity contribution in [1.82, 2.24) is 9.97 Å². The molecule has 2 rings (SSSR count). The van der Waals surface area contributed by atoms with Gasteiger partial charge in [0.25, 0.3) is 0 Å². The van der Waals surface area contributed by atoms with E-state index in [1.807, 2.05) is 0 Å². The van der Waals surface area contributed by atoms with Gasteiger partial charge in [-0.25, -0.2) is 9.97 Å². The second kappa shape index (κ2) is 3.79. The molecule has 0 spiro atoms. The van der Waals surface area contributed by atoms with Crippen LogP contribution in [0.1, 0.15) is 0 Å². The van der Waals surface area contributed by atoms with Crippen molar-refractivity contribution < 1.29 is 4.74 Å². The quantitative estimate of drug-likeness (QED) is 0.744. The van der Waals surface area contributed by atoms with E-state index in [1.165, 1.54) is 13.3 Å². The third-order valence-electron chi connectivity index (χ3n) is 1.92. The lowest BCUT2D eigenvalue weighted by atomic mass is 10.3. The predicted molar refractivity (Wildman–Crippen MR) is 58.5 cm³/mol. The molecule has 0 fully saturated rings. The van der Waals surface area contributed by atoms with Crippen molar-refractivity contribution in [1.29, 1.82) is 5.39 Å². The molecular weight excluding hydrogens is 260 g/mol. The molecule has 2 heterocycles. The number of aromatic nitrogens is 2. The van der Waals surface area contributed by atoms with Crippen molar-refractivity contribution in [2.45, 2.75) is 0 Å². The van der Waals surface area contributed by atoms with Gasteiger partial charge in [0, 0.05) is 6.07 Å². The summed E-state index contributed by atoms with van der Waals surface area (Å²) < 4.78 is 5.59. The van der Waals surface area contributed by atoms with Gasteiger partial charge in [-0.3, -0.25) is 0 Å². The number of rotatable bonds is 1. The Balaban J connectivity index is 2.79. The van der Waals surface area contributed by atoms with Gasteiger partial charge in [0.15, 0.2) is 4.98 Å². The molecule has 15 heavy (non-hydrogen) atoms. The van der Waals surface area contributed by atoms with Gasteiger partial charge in [-0.2, -0.15) is 0 Å². The highest BCUT2D eigenvalue weighted by molar-refractivity contribution is 9.10. The minimum absolute atomic E-state index is 0.336. The molecule has 5 nitrogen and oxygen atoms in total. The van der Waals surface area contributed by atoms with Gasteiger partial charge in [0.2, 0.25) is 11.3 Å². The number of ether oxygens (including phenoxy) is 1. The van der Waals surface area contributed by atoms with Crippen LogP contribution in [0.15, 0.2) is 22.8 Å². The highest BCUT2D eigenvalue weighted by atomic mass is 79.9. The van der Waals surface area contributed by atoms with E-state index in [9.17, 15) is 0 Å². The Morgan fingerprint density at radius 2 is 2.27 bits per heavy atom. The molecule has 0 saturated carbocycles. The lowest BCUT2D eigenvalue weighted by Gasteiger charge is -2.00. The van der Waals surface area contributed by atoms with Crippen LogP contribution in [0.25, 0.3) is 16.0 Å². The highest BCUT2D eigenvalue weighted by Crippen LogP contribution is 2.31. The largest absolute Gasteiger partial charge is 0.481 e. The number of nitrogens with zero attached hydrogens (tertiary/aromatic N) is 4. The fourth-order valence-electron chi connectivity index (χ4n) is 1.19. The monoisotopic (exact) mass is 265 g/mol. The van der Waals surface area contributed by atoms with Gasteiger partial charge >= 0.3 is 5.69 Å². The summed E-state index contributed by atoms with van der Waals surface area (Å²) in [5.74, 6) is 0.486. The summed E-state index contributed by atoms with van der Waals surface area (Å²) in [6.07, 6.45) is 1.46. The van der Waals surface area contributed by atoms with Gasteiger partial charge < -0.3 is 4.74 Å². The van der Waals surface area contributed by atoms with E-state index < -0.39 is 0 Å². The molecule has 0 bridgehead atoms. The summed E-state index contributed by atoms with van der Waals surface area (Å²) in [5, 5.41) is 8.70. The molecule has 0 atom stereocenters. The smallest absolute Gasteiger partial charge is 0.419 e. The van der Waals surface area contributed by atoms with Crippen LogP contribution in [-0.4, -0.2) is 17.1 Å². The summed E-state index contributed by atoms with van der Waals surface area (Å²) in [5.41, 5.74) is 1.64. The van der Waals surface area contributed by atoms with Crippen molar-refractivity contribution >= 4 is 32.7 Å². The molecule has 2 aromatic heterocycles. The molecule has 0 aromatic carbocycles. The van der Waals surface area contributed by atoms with E-state index in [0.717, 1.165) is 0 Å². The summed E-state index contributed by atoms with van der Waals surface area (Å²) in [7, 11) is 1.54. The highest BCUT2D eigenvalue weighted by Gasteiger charge is 2.17. The maximum absolute atomic E-state index is 8.70. The number of pyridine rings is 2. The third-order valence-corrected chi connectivity index (χ3v) is 2.71. The van der Waals surface area contributed by atoms with Crippen LogP contribution in [-0.2, 0) is 0 Å². The molecule has 0 aliphatic heterocycles. The van der Waals surface area contributed by atoms with Gasteiger partial charge in [0.05, 0.1) is 12.6 Å². The van der Waals surface area contributed by atoms with Crippen molar-refractivity contribution in [3.05, 3.63) is 27.8 Å². The zero-order valence-electron chi connectivity index (χ0n) is 7.81. The maximum atomic E-state index is 8.70. The van der Waals surface area contributed by atoms with E-state index >= 15 is 0 Å². The first-order valence-electron chi connectivity index (χ1n) is 4.10. The van der Waals surface area contributed by atoms with Crippen LogP contribution in [0.4, 0.5) is 5.69 Å². The maximum Gasteiger partial charge on any atom is 0.419 e.